The standard InChI is InChI=1S/C16H18N2/c1-13(2)12-18-16(14-6-4-3-5-7-14)15-8-10-17-11-9-15/h3-11,16,18H,1,12H2,2H3. The average Bonchev–Trinajstić information content (AvgIpc) is 2.41. The van der Waals surface area contributed by atoms with E-state index in [1.54, 1.807) is 0 Å². The molecule has 0 radical (unpaired) electrons. The normalized spacial score (nSPS) is 12.1. The third-order valence-electron chi connectivity index (χ3n) is 2.78. The fraction of sp³-hybridized carbons (Fsp3) is 0.188. The Labute approximate surface area is 108 Å². The van der Waals surface area contributed by atoms with Crippen LogP contribution in [-0.4, -0.2) is 11.5 Å². The minimum absolute atomic E-state index is 0.186. The molecule has 2 aromatic rings. The fourth-order valence-corrected chi connectivity index (χ4v) is 1.91. The lowest BCUT2D eigenvalue weighted by Crippen LogP contribution is -2.23. The van der Waals surface area contributed by atoms with Gasteiger partial charge in [-0.1, -0.05) is 42.5 Å². The molecule has 0 saturated carbocycles. The van der Waals surface area contributed by atoms with Gasteiger partial charge in [0.15, 0.2) is 0 Å². The monoisotopic (exact) mass is 238 g/mol. The van der Waals surface area contributed by atoms with Crippen molar-refractivity contribution in [3.8, 4) is 0 Å². The zero-order valence-electron chi connectivity index (χ0n) is 10.6. The number of benzene rings is 1. The summed E-state index contributed by atoms with van der Waals surface area (Å²) < 4.78 is 0. The second kappa shape index (κ2) is 6.12. The quantitative estimate of drug-likeness (QED) is 0.808. The van der Waals surface area contributed by atoms with E-state index in [9.17, 15) is 0 Å². The van der Waals surface area contributed by atoms with Crippen molar-refractivity contribution in [3.63, 3.8) is 0 Å². The summed E-state index contributed by atoms with van der Waals surface area (Å²) in [6.07, 6.45) is 3.65. The third-order valence-corrected chi connectivity index (χ3v) is 2.78. The van der Waals surface area contributed by atoms with Gasteiger partial charge in [0, 0.05) is 18.9 Å². The molecule has 1 N–H and O–H groups in total. The van der Waals surface area contributed by atoms with Crippen molar-refractivity contribution in [2.45, 2.75) is 13.0 Å². The minimum atomic E-state index is 0.186. The largest absolute Gasteiger partial charge is 0.302 e. The van der Waals surface area contributed by atoms with Crippen LogP contribution in [0.5, 0.6) is 0 Å². The van der Waals surface area contributed by atoms with Gasteiger partial charge in [0.25, 0.3) is 0 Å². The van der Waals surface area contributed by atoms with Crippen LogP contribution in [0.25, 0.3) is 0 Å². The van der Waals surface area contributed by atoms with Gasteiger partial charge in [0.1, 0.15) is 0 Å². The summed E-state index contributed by atoms with van der Waals surface area (Å²) in [7, 11) is 0. The van der Waals surface area contributed by atoms with E-state index < -0.39 is 0 Å². The molecule has 0 aliphatic heterocycles. The van der Waals surface area contributed by atoms with Crippen LogP contribution < -0.4 is 5.32 Å². The van der Waals surface area contributed by atoms with Gasteiger partial charge < -0.3 is 5.32 Å². The third kappa shape index (κ3) is 3.28. The maximum Gasteiger partial charge on any atom is 0.0580 e. The predicted molar refractivity (Wildman–Crippen MR) is 75.3 cm³/mol. The molecule has 18 heavy (non-hydrogen) atoms. The molecule has 0 aliphatic carbocycles. The Bertz CT molecular complexity index is 452. The van der Waals surface area contributed by atoms with Crippen molar-refractivity contribution < 1.29 is 0 Å². The van der Waals surface area contributed by atoms with Gasteiger partial charge in [-0.3, -0.25) is 4.98 Å². The molecule has 1 unspecified atom stereocenters. The first kappa shape index (κ1) is 12.5. The van der Waals surface area contributed by atoms with Crippen LogP contribution >= 0.6 is 0 Å². The van der Waals surface area contributed by atoms with Crippen LogP contribution in [0, 0.1) is 0 Å². The van der Waals surface area contributed by atoms with E-state index in [0.29, 0.717) is 0 Å². The molecule has 0 saturated heterocycles. The van der Waals surface area contributed by atoms with Crippen molar-refractivity contribution in [2.24, 2.45) is 0 Å². The van der Waals surface area contributed by atoms with E-state index >= 15 is 0 Å². The lowest BCUT2D eigenvalue weighted by Gasteiger charge is -2.19. The van der Waals surface area contributed by atoms with Gasteiger partial charge >= 0.3 is 0 Å². The molecule has 0 fully saturated rings. The fourth-order valence-electron chi connectivity index (χ4n) is 1.91. The number of nitrogens with one attached hydrogen (secondary N) is 1. The summed E-state index contributed by atoms with van der Waals surface area (Å²) in [5, 5.41) is 3.52. The average molecular weight is 238 g/mol. The number of hydrogen-bond donors (Lipinski definition) is 1. The number of hydrogen-bond acceptors (Lipinski definition) is 2. The number of pyridine rings is 1. The van der Waals surface area contributed by atoms with Crippen LogP contribution in [-0.2, 0) is 0 Å². The molecule has 92 valence electrons. The van der Waals surface area contributed by atoms with Crippen molar-refractivity contribution >= 4 is 0 Å². The Morgan fingerprint density at radius 1 is 1.11 bits per heavy atom. The number of nitrogens with zero attached hydrogens (tertiary/aromatic N) is 1. The van der Waals surface area contributed by atoms with Crippen LogP contribution in [0.15, 0.2) is 67.0 Å². The summed E-state index contributed by atoms with van der Waals surface area (Å²) in [6, 6.07) is 14.7. The molecule has 0 amide bonds. The summed E-state index contributed by atoms with van der Waals surface area (Å²) in [5.41, 5.74) is 3.60. The van der Waals surface area contributed by atoms with E-state index in [-0.39, 0.29) is 6.04 Å². The van der Waals surface area contributed by atoms with Gasteiger partial charge in [-0.25, -0.2) is 0 Å². The Hall–Kier alpha value is -1.93. The molecule has 1 heterocycles. The molecule has 2 nitrogen and oxygen atoms in total. The highest BCUT2D eigenvalue weighted by molar-refractivity contribution is 5.30. The van der Waals surface area contributed by atoms with Crippen LogP contribution in [0.4, 0.5) is 0 Å². The first-order chi connectivity index (χ1) is 8.77. The van der Waals surface area contributed by atoms with Gasteiger partial charge in [0.05, 0.1) is 6.04 Å². The topological polar surface area (TPSA) is 24.9 Å². The Morgan fingerprint density at radius 3 is 2.33 bits per heavy atom. The van der Waals surface area contributed by atoms with E-state index in [4.69, 9.17) is 0 Å². The molecule has 1 aromatic heterocycles. The van der Waals surface area contributed by atoms with Gasteiger partial charge in [0.2, 0.25) is 0 Å². The Kier molecular flexibility index (Phi) is 4.26. The number of aromatic nitrogens is 1. The molecule has 2 heteroatoms. The lowest BCUT2D eigenvalue weighted by molar-refractivity contribution is 0.640. The van der Waals surface area contributed by atoms with Crippen LogP contribution in [0.2, 0.25) is 0 Å². The highest BCUT2D eigenvalue weighted by Gasteiger charge is 2.12. The highest BCUT2D eigenvalue weighted by atomic mass is 14.9. The van der Waals surface area contributed by atoms with Gasteiger partial charge in [-0.05, 0) is 30.2 Å². The SMILES string of the molecule is C=C(C)CNC(c1ccccc1)c1ccncc1. The van der Waals surface area contributed by atoms with Crippen molar-refractivity contribution in [1.29, 1.82) is 0 Å². The van der Waals surface area contributed by atoms with Crippen molar-refractivity contribution in [3.05, 3.63) is 78.1 Å². The minimum Gasteiger partial charge on any atom is -0.302 e. The molecular formula is C16H18N2. The Morgan fingerprint density at radius 2 is 1.72 bits per heavy atom. The van der Waals surface area contributed by atoms with Gasteiger partial charge in [-0.2, -0.15) is 0 Å². The summed E-state index contributed by atoms with van der Waals surface area (Å²) in [4.78, 5) is 4.07. The molecule has 0 spiro atoms. The van der Waals surface area contributed by atoms with Crippen LogP contribution in [0.3, 0.4) is 0 Å². The zero-order valence-corrected chi connectivity index (χ0v) is 10.6. The molecule has 0 bridgehead atoms. The van der Waals surface area contributed by atoms with E-state index in [1.165, 1.54) is 11.1 Å². The first-order valence-electron chi connectivity index (χ1n) is 6.10. The second-order valence-electron chi connectivity index (χ2n) is 4.46. The van der Waals surface area contributed by atoms with E-state index in [1.807, 2.05) is 37.5 Å². The maximum atomic E-state index is 4.07. The molecule has 1 atom stereocenters. The van der Waals surface area contributed by atoms with Crippen molar-refractivity contribution in [1.82, 2.24) is 10.3 Å². The maximum absolute atomic E-state index is 4.07. The molecular weight excluding hydrogens is 220 g/mol. The summed E-state index contributed by atoms with van der Waals surface area (Å²) in [5.74, 6) is 0. The second-order valence-corrected chi connectivity index (χ2v) is 4.46. The summed E-state index contributed by atoms with van der Waals surface area (Å²) >= 11 is 0. The lowest BCUT2D eigenvalue weighted by atomic mass is 9.99. The number of rotatable bonds is 5. The van der Waals surface area contributed by atoms with Crippen molar-refractivity contribution in [2.75, 3.05) is 6.54 Å². The first-order valence-corrected chi connectivity index (χ1v) is 6.10. The predicted octanol–water partition coefficient (Wildman–Crippen LogP) is 3.34. The Balaban J connectivity index is 2.26. The summed E-state index contributed by atoms with van der Waals surface area (Å²) in [6.45, 7) is 6.78. The molecule has 0 aliphatic rings. The smallest absolute Gasteiger partial charge is 0.0580 e. The van der Waals surface area contributed by atoms with E-state index in [2.05, 4.69) is 41.1 Å². The highest BCUT2D eigenvalue weighted by Crippen LogP contribution is 2.21. The van der Waals surface area contributed by atoms with E-state index in [0.717, 1.165) is 12.1 Å². The zero-order chi connectivity index (χ0) is 12.8. The van der Waals surface area contributed by atoms with Gasteiger partial charge in [-0.15, -0.1) is 0 Å². The molecule has 2 rings (SSSR count). The van der Waals surface area contributed by atoms with Crippen LogP contribution in [0.1, 0.15) is 24.1 Å². The molecule has 1 aromatic carbocycles.